The van der Waals surface area contributed by atoms with Gasteiger partial charge in [-0.1, -0.05) is 13.7 Å². The van der Waals surface area contributed by atoms with Crippen LogP contribution in [0.15, 0.2) is 10.5 Å². The highest BCUT2D eigenvalue weighted by Gasteiger charge is 2.52. The number of rotatable bonds is 3. The first kappa shape index (κ1) is 5.57. The maximum absolute atomic E-state index is 8.27. The zero-order valence-corrected chi connectivity index (χ0v) is 11.4. The fraction of sp³-hybridized carbons (Fsp3) is 0.733. The lowest BCUT2D eigenvalue weighted by atomic mass is 9.79. The van der Waals surface area contributed by atoms with Crippen molar-refractivity contribution in [1.29, 1.82) is 0 Å². The van der Waals surface area contributed by atoms with E-state index < -0.39 is 62.7 Å². The number of hydrogen-bond donors (Lipinski definition) is 0. The molecule has 0 aliphatic carbocycles. The molecule has 1 saturated heterocycles. The topological polar surface area (TPSA) is 31.6 Å². The first-order valence-electron chi connectivity index (χ1n) is 11.9. The highest BCUT2D eigenvalue weighted by Crippen LogP contribution is 2.36. The molecular weight excluding hydrogens is 239 g/mol. The van der Waals surface area contributed by atoms with Crippen molar-refractivity contribution in [3.05, 3.63) is 17.6 Å². The summed E-state index contributed by atoms with van der Waals surface area (Å²) in [5, 5.41) is 0. The molecule has 0 amide bonds. The first-order valence-corrected chi connectivity index (χ1v) is 5.90. The molecule has 1 aliphatic rings. The Morgan fingerprint density at radius 1 is 1.32 bits per heavy atom. The van der Waals surface area contributed by atoms with Gasteiger partial charge in [0.1, 0.15) is 11.5 Å². The number of hydrogen-bond acceptors (Lipinski definition) is 3. The first-order chi connectivity index (χ1) is 13.4. The molecule has 2 rings (SSSR count). The maximum Gasteiger partial charge on any atom is 0.498 e. The highest BCUT2D eigenvalue weighted by molar-refractivity contribution is 6.62. The van der Waals surface area contributed by atoms with Crippen molar-refractivity contribution in [3.63, 3.8) is 0 Å². The van der Waals surface area contributed by atoms with Crippen LogP contribution < -0.4 is 5.46 Å². The van der Waals surface area contributed by atoms with Crippen LogP contribution in [0.3, 0.4) is 0 Å². The lowest BCUT2D eigenvalue weighted by molar-refractivity contribution is 0.00578. The molecule has 0 atom stereocenters. The lowest BCUT2D eigenvalue weighted by Gasteiger charge is -2.32. The SMILES string of the molecule is [2H]C([2H])([2H])c1oc(C([2H])([2H])C([2H])(C([2H])([2H])[2H])C([2H])([2H])[2H])cc1B1OC(C)(C)C(C)(C)O1. The summed E-state index contributed by atoms with van der Waals surface area (Å²) in [7, 11) is -1.30. The fourth-order valence-corrected chi connectivity index (χ4v) is 1.74. The minimum Gasteiger partial charge on any atom is -0.467 e. The Labute approximate surface area is 133 Å². The molecule has 0 saturated carbocycles. The third-order valence-corrected chi connectivity index (χ3v) is 3.52. The molecule has 3 nitrogen and oxygen atoms in total. The van der Waals surface area contributed by atoms with Gasteiger partial charge in [-0.05, 0) is 46.5 Å². The Balaban J connectivity index is 2.72. The van der Waals surface area contributed by atoms with Crippen molar-refractivity contribution < 1.29 is 30.2 Å². The predicted octanol–water partition coefficient (Wildman–Crippen LogP) is 3.09. The molecular formula is C15H25BO3. The van der Waals surface area contributed by atoms with Gasteiger partial charge in [-0.25, -0.2) is 0 Å². The Kier molecular flexibility index (Phi) is 1.37. The predicted molar refractivity (Wildman–Crippen MR) is 77.7 cm³/mol. The van der Waals surface area contributed by atoms with E-state index in [-0.39, 0.29) is 5.46 Å². The number of furan rings is 1. The summed E-state index contributed by atoms with van der Waals surface area (Å²) in [5.41, 5.74) is -1.98. The standard InChI is InChI=1S/C15H25BO3/c1-10(2)8-12-9-13(11(3)17-12)16-18-14(4,5)15(6,7)19-16/h9-10H,8H2,1-7H3/i1D3,2D3,3D3,8D2,10D. The molecule has 0 spiro atoms. The summed E-state index contributed by atoms with van der Waals surface area (Å²) < 4.78 is 110. The molecule has 0 bridgehead atoms. The lowest BCUT2D eigenvalue weighted by Crippen LogP contribution is -2.41. The minimum absolute atomic E-state index is 0.226. The molecule has 0 unspecified atom stereocenters. The molecule has 0 N–H and O–H groups in total. The van der Waals surface area contributed by atoms with E-state index in [1.807, 2.05) is 0 Å². The van der Waals surface area contributed by atoms with Crippen LogP contribution in [0.1, 0.15) is 69.4 Å². The maximum atomic E-state index is 8.27. The van der Waals surface area contributed by atoms with Crippen LogP contribution >= 0.6 is 0 Å². The van der Waals surface area contributed by atoms with Gasteiger partial charge in [-0.15, -0.1) is 0 Å². The van der Waals surface area contributed by atoms with Crippen LogP contribution in [0.5, 0.6) is 0 Å². The van der Waals surface area contributed by atoms with Crippen LogP contribution in [0.4, 0.5) is 0 Å². The van der Waals surface area contributed by atoms with Gasteiger partial charge in [0.2, 0.25) is 0 Å². The zero-order valence-electron chi connectivity index (χ0n) is 23.4. The third-order valence-electron chi connectivity index (χ3n) is 3.52. The summed E-state index contributed by atoms with van der Waals surface area (Å²) in [5.74, 6) is -5.31. The molecule has 19 heavy (non-hydrogen) atoms. The number of aryl methyl sites for hydroxylation is 1. The smallest absolute Gasteiger partial charge is 0.467 e. The Morgan fingerprint density at radius 2 is 1.95 bits per heavy atom. The van der Waals surface area contributed by atoms with E-state index in [1.54, 1.807) is 27.7 Å². The molecule has 1 aliphatic heterocycles. The second-order valence-corrected chi connectivity index (χ2v) is 5.48. The van der Waals surface area contributed by atoms with E-state index in [9.17, 15) is 0 Å². The van der Waals surface area contributed by atoms with Gasteiger partial charge in [0.05, 0.1) is 11.2 Å². The van der Waals surface area contributed by atoms with Crippen LogP contribution in [-0.4, -0.2) is 18.3 Å². The highest BCUT2D eigenvalue weighted by atomic mass is 16.7. The Morgan fingerprint density at radius 3 is 2.47 bits per heavy atom. The largest absolute Gasteiger partial charge is 0.498 e. The van der Waals surface area contributed by atoms with E-state index in [2.05, 4.69) is 0 Å². The zero-order chi connectivity index (χ0) is 24.6. The molecule has 1 aromatic heterocycles. The van der Waals surface area contributed by atoms with Gasteiger partial charge < -0.3 is 13.7 Å². The molecule has 2 heterocycles. The van der Waals surface area contributed by atoms with E-state index in [0.717, 1.165) is 6.07 Å². The Hall–Kier alpha value is -0.735. The summed E-state index contributed by atoms with van der Waals surface area (Å²) in [6, 6.07) is 0.866. The Bertz CT molecular complexity index is 804. The second kappa shape index (κ2) is 4.67. The van der Waals surface area contributed by atoms with Gasteiger partial charge in [-0.2, -0.15) is 0 Å². The molecule has 1 aromatic rings. The van der Waals surface area contributed by atoms with Crippen molar-refractivity contribution in [2.45, 2.75) is 65.8 Å². The average molecular weight is 276 g/mol. The van der Waals surface area contributed by atoms with E-state index in [4.69, 9.17) is 30.2 Å². The third kappa shape index (κ3) is 2.75. The quantitative estimate of drug-likeness (QED) is 0.795. The van der Waals surface area contributed by atoms with Crippen LogP contribution in [0.2, 0.25) is 0 Å². The molecule has 1 fully saturated rings. The second-order valence-electron chi connectivity index (χ2n) is 5.48. The van der Waals surface area contributed by atoms with E-state index >= 15 is 0 Å². The van der Waals surface area contributed by atoms with Gasteiger partial charge in [0, 0.05) is 28.3 Å². The monoisotopic (exact) mass is 276 g/mol. The molecule has 0 radical (unpaired) electrons. The van der Waals surface area contributed by atoms with Crippen LogP contribution in [0, 0.1) is 12.7 Å². The average Bonchev–Trinajstić information content (AvgIpc) is 3.04. The van der Waals surface area contributed by atoms with Gasteiger partial charge in [0.25, 0.3) is 0 Å². The van der Waals surface area contributed by atoms with Gasteiger partial charge in [0.15, 0.2) is 0 Å². The fourth-order valence-electron chi connectivity index (χ4n) is 1.74. The molecule has 106 valence electrons. The van der Waals surface area contributed by atoms with Crippen molar-refractivity contribution >= 4 is 12.6 Å². The summed E-state index contributed by atoms with van der Waals surface area (Å²) >= 11 is 0. The summed E-state index contributed by atoms with van der Waals surface area (Å²) in [6.45, 7) is -3.28. The molecule has 4 heteroatoms. The minimum atomic E-state index is -3.65. The van der Waals surface area contributed by atoms with E-state index in [0.29, 0.717) is 0 Å². The normalized spacial score (nSPS) is 34.0. The molecule has 0 aromatic carbocycles. The van der Waals surface area contributed by atoms with Crippen molar-refractivity contribution in [3.8, 4) is 0 Å². The van der Waals surface area contributed by atoms with Crippen molar-refractivity contribution in [1.82, 2.24) is 0 Å². The van der Waals surface area contributed by atoms with E-state index in [1.165, 1.54) is 0 Å². The van der Waals surface area contributed by atoms with Crippen molar-refractivity contribution in [2.24, 2.45) is 5.89 Å². The van der Waals surface area contributed by atoms with Crippen LogP contribution in [-0.2, 0) is 15.7 Å². The van der Waals surface area contributed by atoms with Crippen molar-refractivity contribution in [2.75, 3.05) is 0 Å². The summed E-state index contributed by atoms with van der Waals surface area (Å²) in [6.07, 6.45) is -3.43. The summed E-state index contributed by atoms with van der Waals surface area (Å²) in [4.78, 5) is 0. The van der Waals surface area contributed by atoms with Gasteiger partial charge in [-0.3, -0.25) is 0 Å². The van der Waals surface area contributed by atoms with Gasteiger partial charge >= 0.3 is 7.12 Å². The van der Waals surface area contributed by atoms with Crippen LogP contribution in [0.25, 0.3) is 0 Å².